The molecule has 0 bridgehead atoms. The van der Waals surface area contributed by atoms with E-state index in [-0.39, 0.29) is 11.2 Å². The summed E-state index contributed by atoms with van der Waals surface area (Å²) in [4.78, 5) is 13.1. The van der Waals surface area contributed by atoms with Crippen LogP contribution >= 0.6 is 35.0 Å². The zero-order valence-electron chi connectivity index (χ0n) is 11.3. The molecule has 1 amide bonds. The third-order valence-corrected chi connectivity index (χ3v) is 4.24. The van der Waals surface area contributed by atoms with Crippen LogP contribution in [0.5, 0.6) is 0 Å². The Morgan fingerprint density at radius 1 is 1.14 bits per heavy atom. The first-order valence-corrected chi connectivity index (χ1v) is 7.87. The van der Waals surface area contributed by atoms with E-state index in [9.17, 15) is 4.79 Å². The first-order valence-electron chi connectivity index (χ1n) is 6.23. The molecule has 2 rings (SSSR count). The van der Waals surface area contributed by atoms with Gasteiger partial charge in [-0.2, -0.15) is 0 Å². The highest BCUT2D eigenvalue weighted by Gasteiger charge is 2.15. The summed E-state index contributed by atoms with van der Waals surface area (Å²) in [5, 5.41) is 3.51. The fourth-order valence-electron chi connectivity index (χ4n) is 1.67. The normalized spacial score (nSPS) is 12.0. The highest BCUT2D eigenvalue weighted by atomic mass is 35.5. The van der Waals surface area contributed by atoms with Gasteiger partial charge in [0, 0.05) is 26.3 Å². The number of hydrogen-bond acceptors (Lipinski definition) is 3. The number of nitrogens with one attached hydrogen (secondary N) is 1. The maximum atomic E-state index is 12.2. The van der Waals surface area contributed by atoms with Crippen LogP contribution in [0.3, 0.4) is 0 Å². The van der Waals surface area contributed by atoms with Crippen LogP contribution in [0, 0.1) is 0 Å². The second kappa shape index (κ2) is 7.07. The van der Waals surface area contributed by atoms with Crippen molar-refractivity contribution < 1.29 is 4.79 Å². The molecule has 0 fully saturated rings. The van der Waals surface area contributed by atoms with Crippen LogP contribution in [0.2, 0.25) is 10.0 Å². The highest BCUT2D eigenvalue weighted by molar-refractivity contribution is 8.00. The smallest absolute Gasteiger partial charge is 0.237 e. The Balaban J connectivity index is 2.00. The number of carbonyl (C=O) groups excluding carboxylic acids is 1. The summed E-state index contributed by atoms with van der Waals surface area (Å²) in [6.45, 7) is 1.84. The first kappa shape index (κ1) is 16.0. The van der Waals surface area contributed by atoms with Crippen molar-refractivity contribution in [3.63, 3.8) is 0 Å². The largest absolute Gasteiger partial charge is 0.399 e. The van der Waals surface area contributed by atoms with E-state index in [4.69, 9.17) is 28.9 Å². The molecule has 3 N–H and O–H groups in total. The SMILES string of the molecule is C[C@@H](Sc1ccc(N)cc1)C(=O)Nc1cc(Cl)cc(Cl)c1. The van der Waals surface area contributed by atoms with E-state index in [0.29, 0.717) is 21.4 Å². The highest BCUT2D eigenvalue weighted by Crippen LogP contribution is 2.26. The summed E-state index contributed by atoms with van der Waals surface area (Å²) in [5.74, 6) is -0.116. The van der Waals surface area contributed by atoms with Gasteiger partial charge in [0.2, 0.25) is 5.91 Å². The molecular formula is C15H14Cl2N2OS. The van der Waals surface area contributed by atoms with Gasteiger partial charge < -0.3 is 11.1 Å². The number of nitrogens with two attached hydrogens (primary N) is 1. The molecule has 0 aromatic heterocycles. The lowest BCUT2D eigenvalue weighted by atomic mass is 10.3. The van der Waals surface area contributed by atoms with Gasteiger partial charge in [0.05, 0.1) is 5.25 Å². The number of rotatable bonds is 4. The summed E-state index contributed by atoms with van der Waals surface area (Å²) < 4.78 is 0. The lowest BCUT2D eigenvalue weighted by Crippen LogP contribution is -2.22. The average molecular weight is 341 g/mol. The van der Waals surface area contributed by atoms with Crippen molar-refractivity contribution in [2.75, 3.05) is 11.1 Å². The van der Waals surface area contributed by atoms with E-state index in [1.807, 2.05) is 31.2 Å². The predicted molar refractivity (Wildman–Crippen MR) is 91.3 cm³/mol. The molecule has 0 radical (unpaired) electrons. The van der Waals surface area contributed by atoms with Crippen LogP contribution in [0.1, 0.15) is 6.92 Å². The standard InChI is InChI=1S/C15H14Cl2N2OS/c1-9(21-14-4-2-12(18)3-5-14)15(20)19-13-7-10(16)6-11(17)8-13/h2-9H,18H2,1H3,(H,19,20)/t9-/m1/s1. The van der Waals surface area contributed by atoms with E-state index in [1.165, 1.54) is 11.8 Å². The molecule has 0 aliphatic heterocycles. The van der Waals surface area contributed by atoms with Crippen molar-refractivity contribution >= 4 is 52.2 Å². The minimum Gasteiger partial charge on any atom is -0.399 e. The first-order chi connectivity index (χ1) is 9.94. The molecule has 0 saturated carbocycles. The zero-order chi connectivity index (χ0) is 15.4. The number of halogens is 2. The maximum absolute atomic E-state index is 12.2. The minimum absolute atomic E-state index is 0.116. The Bertz CT molecular complexity index is 626. The fraction of sp³-hybridized carbons (Fsp3) is 0.133. The molecule has 2 aromatic carbocycles. The van der Waals surface area contributed by atoms with Gasteiger partial charge >= 0.3 is 0 Å². The third kappa shape index (κ3) is 4.84. The van der Waals surface area contributed by atoms with Crippen LogP contribution in [0.15, 0.2) is 47.4 Å². The van der Waals surface area contributed by atoms with Crippen LogP contribution in [0.25, 0.3) is 0 Å². The van der Waals surface area contributed by atoms with Crippen molar-refractivity contribution in [3.8, 4) is 0 Å². The van der Waals surface area contributed by atoms with Gasteiger partial charge in [0.1, 0.15) is 0 Å². The van der Waals surface area contributed by atoms with E-state index >= 15 is 0 Å². The van der Waals surface area contributed by atoms with Crippen molar-refractivity contribution in [3.05, 3.63) is 52.5 Å². The molecule has 1 atom stereocenters. The van der Waals surface area contributed by atoms with Crippen molar-refractivity contribution in [2.24, 2.45) is 0 Å². The van der Waals surface area contributed by atoms with Gasteiger partial charge in [-0.15, -0.1) is 11.8 Å². The Morgan fingerprint density at radius 3 is 2.29 bits per heavy atom. The Hall–Kier alpha value is -1.36. The lowest BCUT2D eigenvalue weighted by Gasteiger charge is -2.12. The molecule has 0 aliphatic rings. The van der Waals surface area contributed by atoms with Gasteiger partial charge in [0.15, 0.2) is 0 Å². The van der Waals surface area contributed by atoms with E-state index in [1.54, 1.807) is 18.2 Å². The number of benzene rings is 2. The van der Waals surface area contributed by atoms with Gasteiger partial charge in [-0.1, -0.05) is 23.2 Å². The lowest BCUT2D eigenvalue weighted by molar-refractivity contribution is -0.115. The van der Waals surface area contributed by atoms with Crippen molar-refractivity contribution in [2.45, 2.75) is 17.1 Å². The molecule has 6 heteroatoms. The Kier molecular flexibility index (Phi) is 5.39. The van der Waals surface area contributed by atoms with Gasteiger partial charge in [-0.3, -0.25) is 4.79 Å². The molecule has 0 aliphatic carbocycles. The van der Waals surface area contributed by atoms with Gasteiger partial charge in [-0.25, -0.2) is 0 Å². The molecule has 2 aromatic rings. The Morgan fingerprint density at radius 2 is 1.71 bits per heavy atom. The summed E-state index contributed by atoms with van der Waals surface area (Å²) >= 11 is 13.3. The molecule has 0 heterocycles. The minimum atomic E-state index is -0.258. The quantitative estimate of drug-likeness (QED) is 0.626. The number of hydrogen-bond donors (Lipinski definition) is 2. The summed E-state index contributed by atoms with van der Waals surface area (Å²) in [7, 11) is 0. The number of thioether (sulfide) groups is 1. The third-order valence-electron chi connectivity index (χ3n) is 2.69. The molecule has 110 valence electrons. The Labute approximate surface area is 137 Å². The molecule has 0 unspecified atom stereocenters. The van der Waals surface area contributed by atoms with Crippen LogP contribution in [0.4, 0.5) is 11.4 Å². The average Bonchev–Trinajstić information content (AvgIpc) is 2.40. The van der Waals surface area contributed by atoms with Crippen LogP contribution < -0.4 is 11.1 Å². The van der Waals surface area contributed by atoms with Crippen molar-refractivity contribution in [1.29, 1.82) is 0 Å². The van der Waals surface area contributed by atoms with Gasteiger partial charge in [0.25, 0.3) is 0 Å². The fourth-order valence-corrected chi connectivity index (χ4v) is 3.07. The monoisotopic (exact) mass is 340 g/mol. The molecule has 3 nitrogen and oxygen atoms in total. The zero-order valence-corrected chi connectivity index (χ0v) is 13.6. The number of nitrogen functional groups attached to an aromatic ring is 1. The summed E-state index contributed by atoms with van der Waals surface area (Å²) in [6, 6.07) is 12.3. The van der Waals surface area contributed by atoms with Crippen molar-refractivity contribution in [1.82, 2.24) is 0 Å². The number of amides is 1. The second-order valence-corrected chi connectivity index (χ2v) is 6.76. The van der Waals surface area contributed by atoms with E-state index < -0.39 is 0 Å². The number of carbonyl (C=O) groups is 1. The summed E-state index contributed by atoms with van der Waals surface area (Å²) in [5.41, 5.74) is 6.92. The second-order valence-electron chi connectivity index (χ2n) is 4.48. The van der Waals surface area contributed by atoms with Crippen LogP contribution in [-0.4, -0.2) is 11.2 Å². The number of anilines is 2. The topological polar surface area (TPSA) is 55.1 Å². The van der Waals surface area contributed by atoms with Crippen LogP contribution in [-0.2, 0) is 4.79 Å². The molecule has 0 spiro atoms. The predicted octanol–water partition coefficient (Wildman–Crippen LogP) is 4.69. The summed E-state index contributed by atoms with van der Waals surface area (Å²) in [6.07, 6.45) is 0. The van der Waals surface area contributed by atoms with E-state index in [0.717, 1.165) is 4.90 Å². The van der Waals surface area contributed by atoms with Gasteiger partial charge in [-0.05, 0) is 49.4 Å². The molecule has 21 heavy (non-hydrogen) atoms. The maximum Gasteiger partial charge on any atom is 0.237 e. The molecular weight excluding hydrogens is 327 g/mol. The van der Waals surface area contributed by atoms with E-state index in [2.05, 4.69) is 5.32 Å². The molecule has 0 saturated heterocycles.